The minimum absolute atomic E-state index is 0.00933. The van der Waals surface area contributed by atoms with Gasteiger partial charge in [-0.3, -0.25) is 9.58 Å². The van der Waals surface area contributed by atoms with Gasteiger partial charge < -0.3 is 28.4 Å². The van der Waals surface area contributed by atoms with E-state index in [1.54, 1.807) is 11.8 Å². The second kappa shape index (κ2) is 22.0. The molecule has 2 atom stereocenters. The summed E-state index contributed by atoms with van der Waals surface area (Å²) in [6, 6.07) is 7.89. The molecule has 11 nitrogen and oxygen atoms in total. The minimum atomic E-state index is -2.55. The molecule has 77 heavy (non-hydrogen) atoms. The Hall–Kier alpha value is -4.18. The molecule has 5 aromatic rings. The van der Waals surface area contributed by atoms with Gasteiger partial charge in [-0.1, -0.05) is 95.1 Å². The second-order valence-corrected chi connectivity index (χ2v) is 37.2. The smallest absolute Gasteiger partial charge is 0.319 e. The zero-order valence-corrected chi connectivity index (χ0v) is 51.0. The van der Waals surface area contributed by atoms with E-state index in [0.717, 1.165) is 108 Å². The van der Waals surface area contributed by atoms with Gasteiger partial charge in [0.25, 0.3) is 8.32 Å². The topological polar surface area (TPSA) is 90.2 Å². The summed E-state index contributed by atoms with van der Waals surface area (Å²) < 4.78 is 63.4. The van der Waals surface area contributed by atoms with E-state index in [1.807, 2.05) is 31.4 Å². The highest BCUT2D eigenvalue weighted by Crippen LogP contribution is 2.51. The Morgan fingerprint density at radius 1 is 0.792 bits per heavy atom. The molecule has 5 aliphatic rings. The summed E-state index contributed by atoms with van der Waals surface area (Å²) >= 11 is 0. The Labute approximate surface area is 460 Å². The molecule has 0 spiro atoms. The predicted molar refractivity (Wildman–Crippen MR) is 315 cm³/mol. The Balaban J connectivity index is 1.17. The summed E-state index contributed by atoms with van der Waals surface area (Å²) in [6.07, 6.45) is 8.37. The number of halogens is 2. The van der Waals surface area contributed by atoms with Gasteiger partial charge in [0.05, 0.1) is 30.8 Å². The van der Waals surface area contributed by atoms with Crippen molar-refractivity contribution in [2.75, 3.05) is 77.7 Å². The van der Waals surface area contributed by atoms with Crippen LogP contribution >= 0.6 is 0 Å². The highest BCUT2D eigenvalue weighted by Gasteiger charge is 2.49. The van der Waals surface area contributed by atoms with Crippen LogP contribution in [0.3, 0.4) is 0 Å². The first-order valence-corrected chi connectivity index (χ1v) is 33.8. The number of rotatable bonds is 21. The van der Waals surface area contributed by atoms with Crippen LogP contribution in [-0.2, 0) is 16.5 Å². The third kappa shape index (κ3) is 10.4. The molecular weight excluding hydrogens is 1000 g/mol. The van der Waals surface area contributed by atoms with Gasteiger partial charge in [0.15, 0.2) is 5.82 Å². The third-order valence-corrected chi connectivity index (χ3v) is 31.6. The van der Waals surface area contributed by atoms with Gasteiger partial charge in [-0.25, -0.2) is 8.78 Å². The van der Waals surface area contributed by atoms with Crippen molar-refractivity contribution in [3.8, 4) is 34.4 Å². The molecule has 2 bridgehead atoms. The van der Waals surface area contributed by atoms with Crippen LogP contribution in [0.5, 0.6) is 11.8 Å². The number of aromatic nitrogens is 4. The molecule has 0 amide bonds. The van der Waals surface area contributed by atoms with Crippen LogP contribution in [0.1, 0.15) is 127 Å². The molecule has 1 aliphatic carbocycles. The maximum Gasteiger partial charge on any atom is 0.319 e. The van der Waals surface area contributed by atoms with E-state index in [4.69, 9.17) is 33.7 Å². The lowest BCUT2D eigenvalue weighted by atomic mass is 9.87. The fourth-order valence-electron chi connectivity index (χ4n) is 15.4. The molecule has 1 saturated carbocycles. The van der Waals surface area contributed by atoms with Gasteiger partial charge in [-0.15, -0.1) is 5.54 Å². The summed E-state index contributed by atoms with van der Waals surface area (Å²) in [5, 5.41) is 7.82. The first kappa shape index (κ1) is 56.1. The Bertz CT molecular complexity index is 2970. The van der Waals surface area contributed by atoms with Crippen molar-refractivity contribution in [1.82, 2.24) is 29.5 Å². The average Bonchev–Trinajstić information content (AvgIpc) is 3.96. The summed E-state index contributed by atoms with van der Waals surface area (Å²) in [6.45, 7) is 36.2. The van der Waals surface area contributed by atoms with E-state index in [1.165, 1.54) is 12.5 Å². The number of methoxy groups -OCH3 is 1. The molecule has 10 rings (SSSR count). The maximum atomic E-state index is 19.2. The molecule has 0 N–H and O–H groups in total. The van der Waals surface area contributed by atoms with E-state index in [-0.39, 0.29) is 56.8 Å². The van der Waals surface area contributed by atoms with E-state index in [2.05, 4.69) is 109 Å². The van der Waals surface area contributed by atoms with Gasteiger partial charge >= 0.3 is 6.01 Å². The fraction of sp³-hybridized carbons (Fsp3) is 0.661. The number of aryl methyl sites for hydroxylation is 1. The fourth-order valence-corrected chi connectivity index (χ4v) is 25.8. The number of nitrogens with zero attached hydrogens (tertiary/aromatic N) is 7. The lowest BCUT2D eigenvalue weighted by molar-refractivity contribution is -0.0586. The van der Waals surface area contributed by atoms with Crippen molar-refractivity contribution in [3.63, 3.8) is 0 Å². The number of likely N-dealkylation sites (tertiary alicyclic amines) is 2. The van der Waals surface area contributed by atoms with Crippen molar-refractivity contribution in [1.29, 1.82) is 0 Å². The molecule has 15 heteroatoms. The lowest BCUT2D eigenvalue weighted by Crippen LogP contribution is -2.54. The lowest BCUT2D eigenvalue weighted by Gasteiger charge is -2.43. The second-order valence-electron chi connectivity index (χ2n) is 26.3. The monoisotopic (exact) mass is 1090 g/mol. The summed E-state index contributed by atoms with van der Waals surface area (Å²) in [5.41, 5.74) is 7.34. The van der Waals surface area contributed by atoms with Crippen molar-refractivity contribution >= 4 is 54.8 Å². The SMILES string of the molecule is COCCCN1C[C@H]2CC[C@@H](C1)N2c1nc(OCC2(CN3CC(CC4COC4)C3)CC2)nc2c(F)c(-c3cc(O[Si](C(C)C)(C(C)C)C(C)C)cc4ccc(F)c(C#C[Si](C(C)C)(C(C)C)C(C)C)c34)c3nn(C)cc3c12. The van der Waals surface area contributed by atoms with Crippen LogP contribution in [0.2, 0.25) is 33.2 Å². The predicted octanol–water partition coefficient (Wildman–Crippen LogP) is 13.6. The molecule has 5 fully saturated rings. The standard InChI is InChI=1S/C62H89F2N7O4Si2/c1-38(2)76(39(3)4,40(5)6)25-20-50-53(63)19-16-46-27-49(75-77(41(7)8,42(9)10)43(11)12)28-51(54(46)50)55-57(64)59-56(52-33-68(13)67-58(52)55)60(71-47-17-18-48(71)32-69(31-47)23-15-24-72-14)66-61(65-59)74-37-62(21-22-62)36-70-29-44(30-70)26-45-34-73-35-45/h16,19,27-28,33,38-45,47-48H,15,17-18,21-24,26,29-32,34-37H2,1-14H3/t47-,48+. The molecule has 3 aromatic carbocycles. The maximum absolute atomic E-state index is 19.2. The molecule has 6 heterocycles. The first-order valence-electron chi connectivity index (χ1n) is 29.5. The highest BCUT2D eigenvalue weighted by molar-refractivity contribution is 6.90. The quantitative estimate of drug-likeness (QED) is 0.0402. The van der Waals surface area contributed by atoms with Crippen molar-refractivity contribution < 1.29 is 27.4 Å². The normalized spacial score (nSPS) is 20.5. The van der Waals surface area contributed by atoms with Crippen LogP contribution in [-0.4, -0.2) is 131 Å². The number of benzene rings is 3. The Morgan fingerprint density at radius 3 is 2.04 bits per heavy atom. The van der Waals surface area contributed by atoms with Gasteiger partial charge in [0.1, 0.15) is 36.5 Å². The van der Waals surface area contributed by atoms with Gasteiger partial charge in [0, 0.05) is 106 Å². The summed E-state index contributed by atoms with van der Waals surface area (Å²) in [7, 11) is -1.26. The van der Waals surface area contributed by atoms with Gasteiger partial charge in [-0.2, -0.15) is 15.1 Å². The van der Waals surface area contributed by atoms with E-state index >= 15 is 8.78 Å². The van der Waals surface area contributed by atoms with Crippen molar-refractivity contribution in [3.05, 3.63) is 47.7 Å². The molecular formula is C62H89F2N7O4Si2. The van der Waals surface area contributed by atoms with Crippen molar-refractivity contribution in [2.45, 2.75) is 167 Å². The van der Waals surface area contributed by atoms with E-state index < -0.39 is 28.0 Å². The molecule has 0 unspecified atom stereocenters. The number of hydrogen-bond donors (Lipinski definition) is 0. The van der Waals surface area contributed by atoms with E-state index in [0.29, 0.717) is 62.6 Å². The molecule has 4 saturated heterocycles. The van der Waals surface area contributed by atoms with Crippen LogP contribution in [0.15, 0.2) is 30.5 Å². The van der Waals surface area contributed by atoms with Crippen LogP contribution in [0, 0.1) is 40.3 Å². The van der Waals surface area contributed by atoms with Crippen molar-refractivity contribution in [2.24, 2.45) is 24.3 Å². The zero-order chi connectivity index (χ0) is 54.9. The first-order chi connectivity index (χ1) is 36.7. The average molecular weight is 1090 g/mol. The Kier molecular flexibility index (Phi) is 16.1. The molecule has 2 aromatic heterocycles. The molecule has 4 aliphatic heterocycles. The third-order valence-electron chi connectivity index (χ3n) is 19.3. The molecule has 418 valence electrons. The number of anilines is 1. The molecule has 0 radical (unpaired) electrons. The summed E-state index contributed by atoms with van der Waals surface area (Å²) in [5.74, 6) is 5.36. The van der Waals surface area contributed by atoms with Gasteiger partial charge in [-0.05, 0) is 107 Å². The summed E-state index contributed by atoms with van der Waals surface area (Å²) in [4.78, 5) is 18.2. The number of piperazine rings is 1. The largest absolute Gasteiger partial charge is 0.543 e. The number of fused-ring (bicyclic) bond motifs is 6. The number of hydrogen-bond acceptors (Lipinski definition) is 10. The highest BCUT2D eigenvalue weighted by atomic mass is 28.4. The zero-order valence-electron chi connectivity index (χ0n) is 49.0. The van der Waals surface area contributed by atoms with E-state index in [9.17, 15) is 0 Å². The van der Waals surface area contributed by atoms with Crippen LogP contribution < -0.4 is 14.1 Å². The Morgan fingerprint density at radius 2 is 1.45 bits per heavy atom. The van der Waals surface area contributed by atoms with Gasteiger partial charge in [0.2, 0.25) is 0 Å². The van der Waals surface area contributed by atoms with Crippen LogP contribution in [0.4, 0.5) is 14.6 Å². The minimum Gasteiger partial charge on any atom is -0.543 e. The van der Waals surface area contributed by atoms with Crippen LogP contribution in [0.25, 0.3) is 43.7 Å². The number of ether oxygens (including phenoxy) is 3.